The molecule has 14 heteroatoms. The molecule has 0 aliphatic rings. The number of allylic oxidation sites excluding steroid dienone is 8. The zero-order valence-corrected chi connectivity index (χ0v) is 78.7. The van der Waals surface area contributed by atoms with Gasteiger partial charge in [0, 0.05) is 57.7 Å². The largest absolute Gasteiger partial charge is 0.493 e. The second-order valence-corrected chi connectivity index (χ2v) is 36.8. The Morgan fingerprint density at radius 3 is 0.871 bits per heavy atom. The highest BCUT2D eigenvalue weighted by molar-refractivity contribution is 5.88. The Balaban J connectivity index is 0.000000294. The average molecular weight is 1690 g/mol. The van der Waals surface area contributed by atoms with Gasteiger partial charge in [-0.1, -0.05) is 322 Å². The Hall–Kier alpha value is -11.4. The normalized spacial score (nSPS) is 12.6. The lowest BCUT2D eigenvalue weighted by molar-refractivity contribution is -0.132. The molecule has 0 saturated heterocycles. The summed E-state index contributed by atoms with van der Waals surface area (Å²) in [4.78, 5) is 43.8. The lowest BCUT2D eigenvalue weighted by atomic mass is 9.77. The van der Waals surface area contributed by atoms with Crippen LogP contribution >= 0.6 is 0 Å². The van der Waals surface area contributed by atoms with Crippen molar-refractivity contribution >= 4 is 48.2 Å². The van der Waals surface area contributed by atoms with Gasteiger partial charge >= 0.3 is 23.9 Å². The Bertz CT molecular complexity index is 5210. The van der Waals surface area contributed by atoms with Crippen LogP contribution in [0.2, 0.25) is 0 Å². The molecule has 0 aromatic heterocycles. The van der Waals surface area contributed by atoms with Crippen LogP contribution in [0.15, 0.2) is 216 Å². The molecule has 0 amide bonds. The minimum atomic E-state index is -2.57. The number of carbonyl (C=O) groups is 4. The average Bonchev–Trinajstić information content (AvgIpc) is 0.766. The van der Waals surface area contributed by atoms with E-state index in [0.29, 0.717) is 59.7 Å². The minimum Gasteiger partial charge on any atom is -0.493 e. The van der Waals surface area contributed by atoms with Crippen LogP contribution < -0.4 is 18.9 Å². The highest BCUT2D eigenvalue weighted by Crippen LogP contribution is 2.48. The minimum absolute atomic E-state index is 0.00884. The lowest BCUT2D eigenvalue weighted by Crippen LogP contribution is -2.19. The molecular weight excluding hydrogens is 1550 g/mol. The predicted octanol–water partition coefficient (Wildman–Crippen LogP) is 29.9. The number of alkyl halides is 2. The first-order valence-corrected chi connectivity index (χ1v) is 43.3. The molecule has 0 unspecified atom stereocenters. The molecule has 8 aromatic carbocycles. The van der Waals surface area contributed by atoms with E-state index in [9.17, 15) is 28.0 Å². The summed E-state index contributed by atoms with van der Waals surface area (Å²) >= 11 is 0. The van der Waals surface area contributed by atoms with Crippen molar-refractivity contribution in [3.63, 3.8) is 0 Å². The van der Waals surface area contributed by atoms with Crippen molar-refractivity contribution in [3.05, 3.63) is 283 Å². The number of ether oxygens (including phenoxy) is 4. The summed E-state index contributed by atoms with van der Waals surface area (Å²) in [6, 6.07) is 49.8. The zero-order chi connectivity index (χ0) is 92.9. The molecule has 0 fully saturated rings. The van der Waals surface area contributed by atoms with Gasteiger partial charge in [-0.15, -0.1) is 0 Å². The van der Waals surface area contributed by atoms with Crippen LogP contribution in [0.3, 0.4) is 0 Å². The van der Waals surface area contributed by atoms with E-state index in [-0.39, 0.29) is 33.5 Å². The molecule has 8 aromatic rings. The summed E-state index contributed by atoms with van der Waals surface area (Å²) in [5.41, 5.74) is 23.9. The Morgan fingerprint density at radius 2 is 0.621 bits per heavy atom. The molecule has 0 aliphatic heterocycles. The quantitative estimate of drug-likeness (QED) is 0.0183. The van der Waals surface area contributed by atoms with E-state index in [2.05, 4.69) is 198 Å². The molecule has 0 bridgehead atoms. The van der Waals surface area contributed by atoms with Gasteiger partial charge in [-0.3, -0.25) is 0 Å². The molecule has 12 nitrogen and oxygen atoms in total. The number of aliphatic carboxylic acids is 4. The lowest BCUT2D eigenvalue weighted by Gasteiger charge is -2.30. The van der Waals surface area contributed by atoms with E-state index in [1.165, 1.54) is 51.6 Å². The van der Waals surface area contributed by atoms with Crippen LogP contribution in [0.25, 0.3) is 68.8 Å². The van der Waals surface area contributed by atoms with E-state index in [1.54, 1.807) is 33.8 Å². The van der Waals surface area contributed by atoms with Gasteiger partial charge in [-0.05, 0) is 218 Å². The first-order valence-electron chi connectivity index (χ1n) is 43.3. The van der Waals surface area contributed by atoms with Gasteiger partial charge in [-0.25, -0.2) is 28.0 Å². The van der Waals surface area contributed by atoms with Gasteiger partial charge in [0.25, 0.3) is 6.43 Å². The van der Waals surface area contributed by atoms with E-state index >= 15 is 0 Å². The summed E-state index contributed by atoms with van der Waals surface area (Å²) in [6.45, 7) is 58.2. The van der Waals surface area contributed by atoms with Crippen LogP contribution in [0.5, 0.6) is 23.0 Å². The standard InChI is InChI=1S/C30H40O3.C28H36O3.C26H30F2O3.C26H32O3/c1-9-10-17-33-28-25(19-23(29(3,4)5)20-26(28)30(6,7)8)24-14-12-11-13-22(24)16-15-21(2)18-27(31)32;1-9-31-26-23(17-21(27(3,4)5)18-24(26)28(6,7)8)22-13-11-10-12-20(22)15-14-19(2)16-25(29)30;1-16(2)20-13-22(17(3)4)26(31-15-24(27)28)23(14-20)21-9-7-6-8-19(21)11-10-18(5)12-25(29)30;1-7-29-26-23(18(4)5)15-21(17(2)3)16-24(26)22-11-9-8-10-20(22)13-12-19(6)14-25(27)28/h11-16,18-20H,9-10,17H2,1-8H3,(H,31,32);10-18H,9H2,1-8H3,(H,29,30);6-14,16-17,24H,15H2,1-5H3,(H,29,30);8-18H,7H2,1-6H3,(H,27,28)/b16-15+,21-18+;15-14+,19-16+;11-10+,18-12+;13-12+,19-14+. The smallest absolute Gasteiger partial charge is 0.328 e. The summed E-state index contributed by atoms with van der Waals surface area (Å²) in [7, 11) is 0. The van der Waals surface area contributed by atoms with E-state index < -0.39 is 36.9 Å². The predicted molar refractivity (Wildman–Crippen MR) is 515 cm³/mol. The van der Waals surface area contributed by atoms with Crippen LogP contribution in [-0.4, -0.2) is 77.2 Å². The molecule has 0 radical (unpaired) electrons. The van der Waals surface area contributed by atoms with Crippen molar-refractivity contribution in [1.82, 2.24) is 0 Å². The highest BCUT2D eigenvalue weighted by Gasteiger charge is 2.31. The number of carboxylic acid groups (broad SMARTS) is 4. The molecule has 0 atom stereocenters. The maximum absolute atomic E-state index is 13.0. The number of rotatable bonds is 31. The number of carboxylic acids is 4. The fraction of sp³-hybridized carbons (Fsp3) is 0.382. The van der Waals surface area contributed by atoms with Crippen LogP contribution in [0.4, 0.5) is 8.78 Å². The van der Waals surface area contributed by atoms with E-state index in [0.717, 1.165) is 114 Å². The molecule has 0 saturated carbocycles. The second kappa shape index (κ2) is 47.5. The van der Waals surface area contributed by atoms with Crippen LogP contribution in [0, 0.1) is 0 Å². The third-order valence-electron chi connectivity index (χ3n) is 20.6. The van der Waals surface area contributed by atoms with Gasteiger partial charge in [-0.2, -0.15) is 0 Å². The fourth-order valence-electron chi connectivity index (χ4n) is 13.7. The summed E-state index contributed by atoms with van der Waals surface area (Å²) in [5.74, 6) is 0.537. The van der Waals surface area contributed by atoms with Crippen LogP contribution in [0.1, 0.15) is 290 Å². The number of benzene rings is 8. The number of halogens is 2. The van der Waals surface area contributed by atoms with Crippen molar-refractivity contribution in [2.75, 3.05) is 26.4 Å². The van der Waals surface area contributed by atoms with Crippen molar-refractivity contribution in [3.8, 4) is 67.5 Å². The molecule has 0 aliphatic carbocycles. The van der Waals surface area contributed by atoms with Crippen molar-refractivity contribution in [2.45, 2.75) is 252 Å². The zero-order valence-electron chi connectivity index (χ0n) is 78.7. The fourth-order valence-corrected chi connectivity index (χ4v) is 13.7. The van der Waals surface area contributed by atoms with Crippen molar-refractivity contribution < 1.29 is 67.3 Å². The first-order chi connectivity index (χ1) is 58.0. The maximum atomic E-state index is 13.0. The SMILES string of the molecule is CC(/C=C/c1ccccc1-c1cc(C(C)C)cc(C(C)C)c1OCC(F)F)=C\C(=O)O.CCCCOc1c(-c2ccccc2/C=C/C(C)=C/C(=O)O)cc(C(C)(C)C)cc1C(C)(C)C.CCOc1c(-c2ccccc2/C=C/C(C)=C/C(=O)O)cc(C(C)(C)C)cc1C(C)(C)C.CCOc1c(-c2ccccc2/C=C/C(C)=C/C(=O)O)cc(C(C)C)cc1C(C)C. The summed E-state index contributed by atoms with van der Waals surface area (Å²) < 4.78 is 50.5. The van der Waals surface area contributed by atoms with Gasteiger partial charge in [0.1, 0.15) is 29.6 Å². The molecule has 664 valence electrons. The van der Waals surface area contributed by atoms with Crippen molar-refractivity contribution in [2.24, 2.45) is 0 Å². The van der Waals surface area contributed by atoms with Gasteiger partial charge in [0.05, 0.1) is 19.8 Å². The third kappa shape index (κ3) is 31.7. The second-order valence-electron chi connectivity index (χ2n) is 36.8. The van der Waals surface area contributed by atoms with Gasteiger partial charge in [0.2, 0.25) is 0 Å². The Morgan fingerprint density at radius 1 is 0.347 bits per heavy atom. The molecule has 124 heavy (non-hydrogen) atoms. The Kier molecular flexibility index (Phi) is 39.5. The third-order valence-corrected chi connectivity index (χ3v) is 20.6. The van der Waals surface area contributed by atoms with Gasteiger partial charge < -0.3 is 39.4 Å². The van der Waals surface area contributed by atoms with Crippen LogP contribution in [-0.2, 0) is 40.8 Å². The van der Waals surface area contributed by atoms with Crippen molar-refractivity contribution in [1.29, 1.82) is 0 Å². The number of hydrogen-bond donors (Lipinski definition) is 4. The molecular formula is C110H138F2O12. The maximum Gasteiger partial charge on any atom is 0.328 e. The molecule has 8 rings (SSSR count). The topological polar surface area (TPSA) is 186 Å². The summed E-state index contributed by atoms with van der Waals surface area (Å²) in [6.07, 6.45) is 19.3. The Labute approximate surface area is 740 Å². The highest BCUT2D eigenvalue weighted by atomic mass is 19.3. The van der Waals surface area contributed by atoms with Gasteiger partial charge in [0.15, 0.2) is 0 Å². The first kappa shape index (κ1) is 103. The monoisotopic (exact) mass is 1690 g/mol. The summed E-state index contributed by atoms with van der Waals surface area (Å²) in [5, 5.41) is 35.9. The number of unbranched alkanes of at least 4 members (excludes halogenated alkanes) is 1. The van der Waals surface area contributed by atoms with E-state index in [1.807, 2.05) is 149 Å². The molecule has 4 N–H and O–H groups in total. The van der Waals surface area contributed by atoms with E-state index in [4.69, 9.17) is 39.4 Å². The number of hydrogen-bond acceptors (Lipinski definition) is 8. The molecule has 0 spiro atoms. The molecule has 0 heterocycles.